The number of carbonyl (C=O) groups is 3. The third-order valence-corrected chi connectivity index (χ3v) is 5.42. The minimum absolute atomic E-state index is 0.0600. The maximum atomic E-state index is 12.9. The molecule has 3 amide bonds. The number of carbonyl (C=O) groups excluding carboxylic acids is 3. The quantitative estimate of drug-likeness (QED) is 0.481. The molecule has 0 saturated heterocycles. The molecule has 1 heterocycles. The molecule has 166 valence electrons. The number of amides is 3. The molecule has 0 saturated carbocycles. The molecule has 0 fully saturated rings. The van der Waals surface area contributed by atoms with Gasteiger partial charge in [-0.05, 0) is 54.6 Å². The molecule has 9 heteroatoms. The number of hydrogen-bond donors (Lipinski definition) is 2. The Morgan fingerprint density at radius 2 is 1.61 bits per heavy atom. The van der Waals surface area contributed by atoms with Gasteiger partial charge in [-0.3, -0.25) is 14.4 Å². The van der Waals surface area contributed by atoms with E-state index in [1.54, 1.807) is 73.8 Å². The average molecular weight is 482 g/mol. The smallest absolute Gasteiger partial charge is 0.283 e. The summed E-state index contributed by atoms with van der Waals surface area (Å²) >= 11 is 12.1. The molecule has 0 aliphatic carbocycles. The number of benzene rings is 3. The first kappa shape index (κ1) is 22.4. The summed E-state index contributed by atoms with van der Waals surface area (Å²) in [4.78, 5) is 38.9. The molecule has 33 heavy (non-hydrogen) atoms. The number of nitrogens with one attached hydrogen (secondary N) is 2. The van der Waals surface area contributed by atoms with Crippen LogP contribution in [0.3, 0.4) is 0 Å². The summed E-state index contributed by atoms with van der Waals surface area (Å²) < 4.78 is 5.15. The van der Waals surface area contributed by atoms with Gasteiger partial charge in [0.1, 0.15) is 16.5 Å². The summed E-state index contributed by atoms with van der Waals surface area (Å²) in [5, 5.41) is 5.80. The number of anilines is 3. The van der Waals surface area contributed by atoms with E-state index < -0.39 is 11.8 Å². The van der Waals surface area contributed by atoms with E-state index >= 15 is 0 Å². The molecule has 1 aliphatic heterocycles. The molecule has 2 N–H and O–H groups in total. The van der Waals surface area contributed by atoms with Crippen molar-refractivity contribution >= 4 is 58.0 Å². The highest BCUT2D eigenvalue weighted by atomic mass is 35.5. The largest absolute Gasteiger partial charge is 0.497 e. The van der Waals surface area contributed by atoms with Crippen molar-refractivity contribution in [2.24, 2.45) is 0 Å². The Labute approximate surface area is 199 Å². The van der Waals surface area contributed by atoms with Crippen molar-refractivity contribution in [3.63, 3.8) is 0 Å². The van der Waals surface area contributed by atoms with E-state index in [1.807, 2.05) is 0 Å². The summed E-state index contributed by atoms with van der Waals surface area (Å²) in [5.74, 6) is -0.945. The zero-order valence-corrected chi connectivity index (χ0v) is 18.8. The summed E-state index contributed by atoms with van der Waals surface area (Å²) in [6.45, 7) is 0. The minimum Gasteiger partial charge on any atom is -0.497 e. The molecule has 0 unspecified atom stereocenters. The second-order valence-corrected chi connectivity index (χ2v) is 7.82. The van der Waals surface area contributed by atoms with Gasteiger partial charge < -0.3 is 15.4 Å². The van der Waals surface area contributed by atoms with Crippen molar-refractivity contribution in [3.05, 3.63) is 94.1 Å². The molecular formula is C24H17Cl2N3O4. The van der Waals surface area contributed by atoms with Gasteiger partial charge in [-0.1, -0.05) is 35.3 Å². The molecule has 3 aromatic carbocycles. The Morgan fingerprint density at radius 1 is 0.879 bits per heavy atom. The van der Waals surface area contributed by atoms with Crippen LogP contribution in [-0.4, -0.2) is 24.8 Å². The zero-order valence-electron chi connectivity index (χ0n) is 17.3. The van der Waals surface area contributed by atoms with E-state index in [0.717, 1.165) is 4.90 Å². The van der Waals surface area contributed by atoms with Crippen molar-refractivity contribution < 1.29 is 19.1 Å². The molecule has 0 atom stereocenters. The van der Waals surface area contributed by atoms with E-state index in [9.17, 15) is 14.4 Å². The fourth-order valence-electron chi connectivity index (χ4n) is 3.21. The average Bonchev–Trinajstić information content (AvgIpc) is 3.02. The fraction of sp³-hybridized carbons (Fsp3) is 0.0417. The first-order valence-corrected chi connectivity index (χ1v) is 10.5. The van der Waals surface area contributed by atoms with Gasteiger partial charge >= 0.3 is 0 Å². The Hall–Kier alpha value is -3.81. The third kappa shape index (κ3) is 4.69. The molecule has 1 aliphatic rings. The molecule has 0 spiro atoms. The SMILES string of the molecule is COc1cccc(NC(=O)c2ccc(NC3=C(Cl)C(=O)N(c4cccc(Cl)c4)C3=O)cc2)c1. The first-order chi connectivity index (χ1) is 15.9. The predicted molar refractivity (Wildman–Crippen MR) is 128 cm³/mol. The molecule has 4 rings (SSSR count). The Bertz CT molecular complexity index is 1290. The second-order valence-electron chi connectivity index (χ2n) is 7.00. The van der Waals surface area contributed by atoms with Crippen molar-refractivity contribution in [1.82, 2.24) is 0 Å². The van der Waals surface area contributed by atoms with Crippen LogP contribution in [0.1, 0.15) is 10.4 Å². The van der Waals surface area contributed by atoms with Crippen LogP contribution in [0.15, 0.2) is 83.5 Å². The van der Waals surface area contributed by atoms with E-state index in [2.05, 4.69) is 10.6 Å². The van der Waals surface area contributed by atoms with E-state index in [-0.39, 0.29) is 16.6 Å². The summed E-state index contributed by atoms with van der Waals surface area (Å²) in [5.41, 5.74) is 1.73. The van der Waals surface area contributed by atoms with Gasteiger partial charge in [0.2, 0.25) is 0 Å². The maximum Gasteiger partial charge on any atom is 0.283 e. The second kappa shape index (κ2) is 9.36. The summed E-state index contributed by atoms with van der Waals surface area (Å²) in [6.07, 6.45) is 0. The van der Waals surface area contributed by atoms with Gasteiger partial charge in [-0.25, -0.2) is 4.90 Å². The number of nitrogens with zero attached hydrogens (tertiary/aromatic N) is 1. The molecule has 3 aromatic rings. The summed E-state index contributed by atoms with van der Waals surface area (Å²) in [6, 6.07) is 19.7. The van der Waals surface area contributed by atoms with Crippen molar-refractivity contribution in [2.75, 3.05) is 22.6 Å². The topological polar surface area (TPSA) is 87.7 Å². The van der Waals surface area contributed by atoms with E-state index in [0.29, 0.717) is 33.4 Å². The molecule has 7 nitrogen and oxygen atoms in total. The Morgan fingerprint density at radius 3 is 2.30 bits per heavy atom. The maximum absolute atomic E-state index is 12.9. The highest BCUT2D eigenvalue weighted by Crippen LogP contribution is 2.31. The molecule has 0 radical (unpaired) electrons. The van der Waals surface area contributed by atoms with Crippen LogP contribution in [0.25, 0.3) is 0 Å². The van der Waals surface area contributed by atoms with E-state index in [4.69, 9.17) is 27.9 Å². The van der Waals surface area contributed by atoms with Gasteiger partial charge in [0.05, 0.1) is 12.8 Å². The third-order valence-electron chi connectivity index (χ3n) is 4.84. The van der Waals surface area contributed by atoms with Crippen molar-refractivity contribution in [2.45, 2.75) is 0 Å². The lowest BCUT2D eigenvalue weighted by molar-refractivity contribution is -0.120. The van der Waals surface area contributed by atoms with Gasteiger partial charge in [0, 0.05) is 28.0 Å². The first-order valence-electron chi connectivity index (χ1n) is 9.74. The Kier molecular flexibility index (Phi) is 6.35. The van der Waals surface area contributed by atoms with Gasteiger partial charge in [-0.2, -0.15) is 0 Å². The van der Waals surface area contributed by atoms with Crippen LogP contribution >= 0.6 is 23.2 Å². The predicted octanol–water partition coefficient (Wildman–Crippen LogP) is 5.04. The minimum atomic E-state index is -0.652. The zero-order chi connectivity index (χ0) is 23.5. The Balaban J connectivity index is 1.47. The number of methoxy groups -OCH3 is 1. The van der Waals surface area contributed by atoms with Gasteiger partial charge in [-0.15, -0.1) is 0 Å². The molecule has 0 aromatic heterocycles. The van der Waals surface area contributed by atoms with Gasteiger partial charge in [0.15, 0.2) is 0 Å². The highest BCUT2D eigenvalue weighted by Gasteiger charge is 2.39. The van der Waals surface area contributed by atoms with Crippen molar-refractivity contribution in [3.8, 4) is 5.75 Å². The van der Waals surface area contributed by atoms with Gasteiger partial charge in [0.25, 0.3) is 17.7 Å². The number of halogens is 2. The lowest BCUT2D eigenvalue weighted by Crippen LogP contribution is -2.32. The normalized spacial score (nSPS) is 13.4. The highest BCUT2D eigenvalue weighted by molar-refractivity contribution is 6.53. The van der Waals surface area contributed by atoms with Crippen LogP contribution in [0.5, 0.6) is 5.75 Å². The van der Waals surface area contributed by atoms with Crippen LogP contribution < -0.4 is 20.3 Å². The van der Waals surface area contributed by atoms with Crippen molar-refractivity contribution in [1.29, 1.82) is 0 Å². The lowest BCUT2D eigenvalue weighted by atomic mass is 10.2. The summed E-state index contributed by atoms with van der Waals surface area (Å²) in [7, 11) is 1.55. The number of rotatable bonds is 6. The standard InChI is InChI=1S/C24H17Cl2N3O4/c1-33-19-7-3-5-17(13-19)28-22(30)14-8-10-16(11-9-14)27-21-20(26)23(31)29(24(21)32)18-6-2-4-15(25)12-18/h2-13,27H,1H3,(H,28,30). The fourth-order valence-corrected chi connectivity index (χ4v) is 3.61. The molecular weight excluding hydrogens is 465 g/mol. The lowest BCUT2D eigenvalue weighted by Gasteiger charge is -2.15. The van der Waals surface area contributed by atoms with Crippen LogP contribution in [0, 0.1) is 0 Å². The van der Waals surface area contributed by atoms with Crippen LogP contribution in [0.2, 0.25) is 5.02 Å². The number of ether oxygens (including phenoxy) is 1. The number of hydrogen-bond acceptors (Lipinski definition) is 5. The number of imide groups is 1. The van der Waals surface area contributed by atoms with Crippen LogP contribution in [0.4, 0.5) is 17.1 Å². The van der Waals surface area contributed by atoms with E-state index in [1.165, 1.54) is 6.07 Å². The monoisotopic (exact) mass is 481 g/mol. The molecule has 0 bridgehead atoms. The van der Waals surface area contributed by atoms with Crippen LogP contribution in [-0.2, 0) is 9.59 Å².